The van der Waals surface area contributed by atoms with Gasteiger partial charge in [0, 0.05) is 23.2 Å². The molecule has 5 nitrogen and oxygen atoms in total. The van der Waals surface area contributed by atoms with Gasteiger partial charge in [0.05, 0.1) is 6.07 Å². The Morgan fingerprint density at radius 3 is 2.85 bits per heavy atom. The molecule has 0 bridgehead atoms. The van der Waals surface area contributed by atoms with Crippen LogP contribution >= 0.6 is 0 Å². The van der Waals surface area contributed by atoms with E-state index in [9.17, 15) is 0 Å². The van der Waals surface area contributed by atoms with E-state index in [2.05, 4.69) is 58.9 Å². The molecule has 1 aliphatic carbocycles. The van der Waals surface area contributed by atoms with E-state index in [0.29, 0.717) is 23.0 Å². The van der Waals surface area contributed by atoms with Gasteiger partial charge < -0.3 is 10.6 Å². The average molecular weight is 357 g/mol. The van der Waals surface area contributed by atoms with Crippen molar-refractivity contribution in [3.63, 3.8) is 0 Å². The van der Waals surface area contributed by atoms with E-state index >= 15 is 0 Å². The van der Waals surface area contributed by atoms with Gasteiger partial charge in [0.15, 0.2) is 0 Å². The number of hydrogen-bond acceptors (Lipinski definition) is 5. The topological polar surface area (TPSA) is 73.6 Å². The van der Waals surface area contributed by atoms with Crippen molar-refractivity contribution in [2.45, 2.75) is 20.8 Å². The molecular formula is C22H23N5. The summed E-state index contributed by atoms with van der Waals surface area (Å²) in [5.74, 6) is 1.11. The summed E-state index contributed by atoms with van der Waals surface area (Å²) in [5, 5.41) is 15.0. The van der Waals surface area contributed by atoms with Crippen LogP contribution in [0.1, 0.15) is 25.5 Å². The van der Waals surface area contributed by atoms with Gasteiger partial charge >= 0.3 is 0 Å². The molecule has 2 N–H and O–H groups in total. The molecule has 0 fully saturated rings. The summed E-state index contributed by atoms with van der Waals surface area (Å²) in [6, 6.07) is 10.1. The van der Waals surface area contributed by atoms with Crippen molar-refractivity contribution in [3.05, 3.63) is 84.2 Å². The molecule has 136 valence electrons. The molecule has 1 heterocycles. The Balaban J connectivity index is 0.00000261. The molecule has 5 heteroatoms. The zero-order chi connectivity index (χ0) is 18.5. The number of benzene rings is 1. The van der Waals surface area contributed by atoms with Crippen LogP contribution in [0.25, 0.3) is 5.57 Å². The standard InChI is InChI=1S/C21H19N5.CH4/c1-14(13-22)4-6-16(3)24-21-23-11-10-20(26-21)25-18-8-9-19-15(2)5-7-17(19)12-18;/h4-6,8-12H,1,3,7H2,2H3,(H2,23,24,25,26);1H4/b6-4-;. The third-order valence-corrected chi connectivity index (χ3v) is 3.99. The van der Waals surface area contributed by atoms with Crippen molar-refractivity contribution in [1.82, 2.24) is 9.97 Å². The lowest BCUT2D eigenvalue weighted by Crippen LogP contribution is -2.03. The van der Waals surface area contributed by atoms with E-state index in [0.717, 1.165) is 12.1 Å². The maximum absolute atomic E-state index is 8.70. The minimum atomic E-state index is 0. The second-order valence-corrected chi connectivity index (χ2v) is 5.97. The highest BCUT2D eigenvalue weighted by Gasteiger charge is 2.11. The predicted molar refractivity (Wildman–Crippen MR) is 112 cm³/mol. The van der Waals surface area contributed by atoms with Crippen molar-refractivity contribution in [3.8, 4) is 6.07 Å². The first kappa shape index (κ1) is 19.7. The largest absolute Gasteiger partial charge is 0.340 e. The van der Waals surface area contributed by atoms with Crippen LogP contribution in [0, 0.1) is 11.3 Å². The number of nitriles is 1. The Hall–Kier alpha value is -3.65. The van der Waals surface area contributed by atoms with Crippen molar-refractivity contribution in [2.75, 3.05) is 10.6 Å². The van der Waals surface area contributed by atoms with Gasteiger partial charge in [-0.05, 0) is 60.4 Å². The van der Waals surface area contributed by atoms with Crippen LogP contribution in [0.15, 0.2) is 73.1 Å². The summed E-state index contributed by atoms with van der Waals surface area (Å²) >= 11 is 0. The average Bonchev–Trinajstić information content (AvgIpc) is 3.00. The predicted octanol–water partition coefficient (Wildman–Crippen LogP) is 5.38. The minimum absolute atomic E-state index is 0. The van der Waals surface area contributed by atoms with Gasteiger partial charge in [0.2, 0.25) is 5.95 Å². The van der Waals surface area contributed by atoms with Crippen molar-refractivity contribution in [1.29, 1.82) is 5.26 Å². The molecule has 3 rings (SSSR count). The molecule has 0 spiro atoms. The van der Waals surface area contributed by atoms with Gasteiger partial charge in [-0.1, -0.05) is 32.7 Å². The Labute approximate surface area is 160 Å². The van der Waals surface area contributed by atoms with Crippen molar-refractivity contribution >= 4 is 23.0 Å². The molecule has 2 aromatic rings. The zero-order valence-electron chi connectivity index (χ0n) is 14.6. The van der Waals surface area contributed by atoms with E-state index < -0.39 is 0 Å². The first-order chi connectivity index (χ1) is 12.5. The molecule has 0 saturated heterocycles. The van der Waals surface area contributed by atoms with E-state index in [1.54, 1.807) is 24.4 Å². The van der Waals surface area contributed by atoms with E-state index in [1.165, 1.54) is 16.7 Å². The van der Waals surface area contributed by atoms with E-state index in [4.69, 9.17) is 5.26 Å². The summed E-state index contributed by atoms with van der Waals surface area (Å²) in [6.45, 7) is 9.58. The maximum Gasteiger partial charge on any atom is 0.229 e. The number of allylic oxidation sites excluding steroid dienone is 5. The molecule has 27 heavy (non-hydrogen) atoms. The lowest BCUT2D eigenvalue weighted by atomic mass is 10.1. The lowest BCUT2D eigenvalue weighted by molar-refractivity contribution is 1.15. The molecule has 0 aliphatic heterocycles. The maximum atomic E-state index is 8.70. The van der Waals surface area contributed by atoms with E-state index in [1.807, 2.05) is 12.1 Å². The number of anilines is 3. The number of hydrogen-bond donors (Lipinski definition) is 2. The number of rotatable bonds is 6. The number of aromatic nitrogens is 2. The molecule has 1 aromatic carbocycles. The number of nitrogens with one attached hydrogen (secondary N) is 2. The molecule has 0 radical (unpaired) electrons. The molecule has 0 saturated carbocycles. The Morgan fingerprint density at radius 1 is 1.26 bits per heavy atom. The SMILES string of the molecule is C.C=C(C#N)/C=C\C(=C)Nc1nccc(Nc2ccc3c(c2)CC=C3C)n1. The highest BCUT2D eigenvalue weighted by molar-refractivity contribution is 5.74. The number of nitrogens with zero attached hydrogens (tertiary/aromatic N) is 3. The molecule has 1 aromatic heterocycles. The van der Waals surface area contributed by atoms with Gasteiger partial charge in [0.25, 0.3) is 0 Å². The van der Waals surface area contributed by atoms with Gasteiger partial charge in [-0.15, -0.1) is 0 Å². The quantitative estimate of drug-likeness (QED) is 0.536. The zero-order valence-corrected chi connectivity index (χ0v) is 14.6. The summed E-state index contributed by atoms with van der Waals surface area (Å²) in [4.78, 5) is 8.62. The molecular weight excluding hydrogens is 334 g/mol. The van der Waals surface area contributed by atoms with Crippen LogP contribution in [-0.2, 0) is 6.42 Å². The van der Waals surface area contributed by atoms with Crippen LogP contribution in [-0.4, -0.2) is 9.97 Å². The van der Waals surface area contributed by atoms with Crippen molar-refractivity contribution in [2.24, 2.45) is 0 Å². The first-order valence-electron chi connectivity index (χ1n) is 8.18. The second-order valence-electron chi connectivity index (χ2n) is 5.97. The summed E-state index contributed by atoms with van der Waals surface area (Å²) < 4.78 is 0. The fourth-order valence-electron chi connectivity index (χ4n) is 2.66. The fourth-order valence-corrected chi connectivity index (χ4v) is 2.66. The van der Waals surface area contributed by atoms with Gasteiger partial charge in [-0.2, -0.15) is 10.2 Å². The smallest absolute Gasteiger partial charge is 0.229 e. The fraction of sp³-hybridized carbons (Fsp3) is 0.136. The van der Waals surface area contributed by atoms with Crippen LogP contribution in [0.5, 0.6) is 0 Å². The first-order valence-corrected chi connectivity index (χ1v) is 8.18. The molecule has 1 aliphatic rings. The Kier molecular flexibility index (Phi) is 6.29. The monoisotopic (exact) mass is 357 g/mol. The van der Waals surface area contributed by atoms with Gasteiger partial charge in [-0.25, -0.2) is 4.98 Å². The Morgan fingerprint density at radius 2 is 2.07 bits per heavy atom. The molecule has 0 unspecified atom stereocenters. The molecule has 0 amide bonds. The highest BCUT2D eigenvalue weighted by atomic mass is 15.1. The second kappa shape index (κ2) is 8.63. The number of fused-ring (bicyclic) bond motifs is 1. The summed E-state index contributed by atoms with van der Waals surface area (Å²) in [5.41, 5.74) is 5.85. The summed E-state index contributed by atoms with van der Waals surface area (Å²) in [7, 11) is 0. The van der Waals surface area contributed by atoms with Crippen LogP contribution < -0.4 is 10.6 Å². The van der Waals surface area contributed by atoms with Gasteiger partial charge in [-0.3, -0.25) is 0 Å². The van der Waals surface area contributed by atoms with E-state index in [-0.39, 0.29) is 7.43 Å². The van der Waals surface area contributed by atoms with Crippen LogP contribution in [0.2, 0.25) is 0 Å². The molecule has 0 atom stereocenters. The summed E-state index contributed by atoms with van der Waals surface area (Å²) in [6.07, 6.45) is 8.11. The minimum Gasteiger partial charge on any atom is -0.340 e. The van der Waals surface area contributed by atoms with Crippen molar-refractivity contribution < 1.29 is 0 Å². The third-order valence-electron chi connectivity index (χ3n) is 3.99. The van der Waals surface area contributed by atoms with Gasteiger partial charge in [0.1, 0.15) is 5.82 Å². The lowest BCUT2D eigenvalue weighted by Gasteiger charge is -2.10. The highest BCUT2D eigenvalue weighted by Crippen LogP contribution is 2.30. The Bertz CT molecular complexity index is 976. The normalized spacial score (nSPS) is 11.8. The third kappa shape index (κ3) is 4.93. The van der Waals surface area contributed by atoms with Crippen LogP contribution in [0.3, 0.4) is 0 Å². The van der Waals surface area contributed by atoms with Crippen LogP contribution in [0.4, 0.5) is 17.5 Å².